The van der Waals surface area contributed by atoms with Gasteiger partial charge in [0, 0.05) is 26.6 Å². The Balaban J connectivity index is 1.16. The van der Waals surface area contributed by atoms with Crippen molar-refractivity contribution >= 4 is 29.0 Å². The second-order valence-electron chi connectivity index (χ2n) is 9.17. The number of benzene rings is 2. The number of aliphatic hydroxyl groups is 1. The number of rotatable bonds is 7. The van der Waals surface area contributed by atoms with E-state index in [0.717, 1.165) is 0 Å². The summed E-state index contributed by atoms with van der Waals surface area (Å²) in [6, 6.07) is 12.1. The summed E-state index contributed by atoms with van der Waals surface area (Å²) in [7, 11) is 1.51. The zero-order chi connectivity index (χ0) is 26.4. The summed E-state index contributed by atoms with van der Waals surface area (Å²) in [5.74, 6) is 0.435. The minimum atomic E-state index is -0.767. The van der Waals surface area contributed by atoms with Gasteiger partial charge in [-0.25, -0.2) is 4.79 Å². The van der Waals surface area contributed by atoms with E-state index in [1.165, 1.54) is 22.8 Å². The second kappa shape index (κ2) is 9.56. The van der Waals surface area contributed by atoms with Crippen LogP contribution in [0.3, 0.4) is 0 Å². The van der Waals surface area contributed by atoms with Gasteiger partial charge >= 0.3 is 5.69 Å². The molecule has 196 valence electrons. The molecule has 0 radical (unpaired) electrons. The number of ether oxygens (including phenoxy) is 3. The fourth-order valence-electron chi connectivity index (χ4n) is 4.90. The molecule has 3 N–H and O–H groups in total. The molecule has 3 aliphatic rings. The zero-order valence-corrected chi connectivity index (χ0v) is 20.4. The van der Waals surface area contributed by atoms with Crippen LogP contribution in [-0.4, -0.2) is 70.4 Å². The van der Waals surface area contributed by atoms with E-state index in [2.05, 4.69) is 15.6 Å². The van der Waals surface area contributed by atoms with E-state index in [4.69, 9.17) is 14.2 Å². The number of nitrogens with zero attached hydrogens (tertiary/aromatic N) is 3. The first kappa shape index (κ1) is 24.1. The molecule has 2 amide bonds. The van der Waals surface area contributed by atoms with Crippen LogP contribution in [0, 0.1) is 0 Å². The molecule has 6 rings (SSSR count). The molecule has 2 aromatic carbocycles. The maximum Gasteiger partial charge on any atom is 0.351 e. The molecule has 12 heteroatoms. The number of aliphatic hydroxyl groups excluding tert-OH is 1. The molecule has 0 spiro atoms. The first-order chi connectivity index (χ1) is 18.4. The summed E-state index contributed by atoms with van der Waals surface area (Å²) in [5.41, 5.74) is 1.48. The molecule has 0 bridgehead atoms. The molecule has 4 heterocycles. The van der Waals surface area contributed by atoms with Gasteiger partial charge in [-0.2, -0.15) is 4.98 Å². The largest absolute Gasteiger partial charge is 0.450 e. The van der Waals surface area contributed by atoms with Crippen molar-refractivity contribution in [3.8, 4) is 11.5 Å². The van der Waals surface area contributed by atoms with Gasteiger partial charge in [0.2, 0.25) is 0 Å². The Morgan fingerprint density at radius 1 is 1.11 bits per heavy atom. The van der Waals surface area contributed by atoms with Gasteiger partial charge < -0.3 is 30.0 Å². The number of aromatic nitrogens is 2. The van der Waals surface area contributed by atoms with E-state index >= 15 is 0 Å². The number of nitrogens with one attached hydrogen (secondary N) is 2. The maximum atomic E-state index is 12.8. The van der Waals surface area contributed by atoms with Crippen molar-refractivity contribution < 1.29 is 28.9 Å². The Bertz CT molecular complexity index is 1450. The Kier molecular flexibility index (Phi) is 6.06. The molecule has 38 heavy (non-hydrogen) atoms. The first-order valence-corrected chi connectivity index (χ1v) is 12.2. The molecule has 0 aliphatic carbocycles. The SMILES string of the molecule is COCC1OC(n2cc3c(nc2=O)Nc2c(NCCN4C(=O)c5ccccc5C4=O)cccc2O3)CC1O. The van der Waals surface area contributed by atoms with Gasteiger partial charge in [-0.05, 0) is 24.3 Å². The van der Waals surface area contributed by atoms with E-state index in [1.54, 1.807) is 36.4 Å². The van der Waals surface area contributed by atoms with Crippen LogP contribution in [0.15, 0.2) is 53.5 Å². The molecule has 3 aromatic rings. The summed E-state index contributed by atoms with van der Waals surface area (Å²) < 4.78 is 18.2. The number of hydrogen-bond donors (Lipinski definition) is 3. The molecule has 1 saturated heterocycles. The average Bonchev–Trinajstić information content (AvgIpc) is 3.39. The number of methoxy groups -OCH3 is 1. The molecule has 3 aliphatic heterocycles. The normalized spacial score (nSPS) is 21.4. The summed E-state index contributed by atoms with van der Waals surface area (Å²) in [6.07, 6.45) is -0.274. The fourth-order valence-corrected chi connectivity index (χ4v) is 4.90. The number of amides is 2. The lowest BCUT2D eigenvalue weighted by Crippen LogP contribution is -2.34. The van der Waals surface area contributed by atoms with Crippen LogP contribution in [0.25, 0.3) is 0 Å². The smallest absolute Gasteiger partial charge is 0.351 e. The topological polar surface area (TPSA) is 144 Å². The lowest BCUT2D eigenvalue weighted by molar-refractivity contribution is -0.0547. The number of anilines is 3. The van der Waals surface area contributed by atoms with Crippen LogP contribution in [-0.2, 0) is 9.47 Å². The van der Waals surface area contributed by atoms with Gasteiger partial charge in [-0.1, -0.05) is 18.2 Å². The highest BCUT2D eigenvalue weighted by Gasteiger charge is 2.37. The van der Waals surface area contributed by atoms with Crippen molar-refractivity contribution in [2.24, 2.45) is 0 Å². The summed E-state index contributed by atoms with van der Waals surface area (Å²) in [6.45, 7) is 0.683. The third-order valence-electron chi connectivity index (χ3n) is 6.78. The summed E-state index contributed by atoms with van der Waals surface area (Å²) >= 11 is 0. The average molecular weight is 520 g/mol. The molecule has 1 aromatic heterocycles. The minimum absolute atomic E-state index is 0.174. The van der Waals surface area contributed by atoms with Gasteiger partial charge in [0.05, 0.1) is 35.7 Å². The van der Waals surface area contributed by atoms with E-state index in [9.17, 15) is 19.5 Å². The predicted octanol–water partition coefficient (Wildman–Crippen LogP) is 2.10. The second-order valence-corrected chi connectivity index (χ2v) is 9.17. The minimum Gasteiger partial charge on any atom is -0.450 e. The van der Waals surface area contributed by atoms with Gasteiger partial charge in [0.15, 0.2) is 17.3 Å². The highest BCUT2D eigenvalue weighted by atomic mass is 16.6. The van der Waals surface area contributed by atoms with Crippen molar-refractivity contribution in [2.45, 2.75) is 24.9 Å². The zero-order valence-electron chi connectivity index (χ0n) is 20.4. The lowest BCUT2D eigenvalue weighted by Gasteiger charge is -2.25. The van der Waals surface area contributed by atoms with Crippen LogP contribution < -0.4 is 21.1 Å². The van der Waals surface area contributed by atoms with Crippen LogP contribution in [0.2, 0.25) is 0 Å². The van der Waals surface area contributed by atoms with Crippen LogP contribution in [0.4, 0.5) is 17.2 Å². The molecule has 12 nitrogen and oxygen atoms in total. The monoisotopic (exact) mass is 519 g/mol. The number of para-hydroxylation sites is 1. The standard InChI is InChI=1S/C26H25N5O7/c1-36-13-20-17(32)11-21(38-20)31-12-19-23(29-26(31)35)28-22-16(7-4-8-18(22)37-19)27-9-10-30-24(33)14-5-2-3-6-15(14)25(30)34/h2-8,12,17,20-21,27,32H,9-11,13H2,1H3,(H,28,29,35). The summed E-state index contributed by atoms with van der Waals surface area (Å²) in [5, 5.41) is 16.6. The Morgan fingerprint density at radius 3 is 2.61 bits per heavy atom. The maximum absolute atomic E-state index is 12.8. The van der Waals surface area contributed by atoms with Crippen molar-refractivity contribution in [3.05, 3.63) is 70.3 Å². The predicted molar refractivity (Wildman–Crippen MR) is 135 cm³/mol. The third kappa shape index (κ3) is 4.08. The number of hydrogen-bond acceptors (Lipinski definition) is 10. The Hall–Kier alpha value is -4.26. The number of carbonyl (C=O) groups is 2. The van der Waals surface area contributed by atoms with Crippen LogP contribution >= 0.6 is 0 Å². The van der Waals surface area contributed by atoms with Gasteiger partial charge in [-0.15, -0.1) is 0 Å². The number of carbonyl (C=O) groups excluding carboxylic acids is 2. The quantitative estimate of drug-likeness (QED) is 0.311. The Morgan fingerprint density at radius 2 is 1.87 bits per heavy atom. The highest BCUT2D eigenvalue weighted by Crippen LogP contribution is 2.44. The number of imide groups is 1. The highest BCUT2D eigenvalue weighted by molar-refractivity contribution is 6.21. The van der Waals surface area contributed by atoms with E-state index in [0.29, 0.717) is 40.5 Å². The van der Waals surface area contributed by atoms with Crippen LogP contribution in [0.1, 0.15) is 33.4 Å². The van der Waals surface area contributed by atoms with Crippen molar-refractivity contribution in [3.63, 3.8) is 0 Å². The van der Waals surface area contributed by atoms with Gasteiger partial charge in [-0.3, -0.25) is 19.1 Å². The van der Waals surface area contributed by atoms with E-state index < -0.39 is 24.1 Å². The molecule has 3 unspecified atom stereocenters. The lowest BCUT2D eigenvalue weighted by atomic mass is 10.1. The van der Waals surface area contributed by atoms with Crippen molar-refractivity contribution in [2.75, 3.05) is 37.4 Å². The fraction of sp³-hybridized carbons (Fsp3) is 0.308. The molecular formula is C26H25N5O7. The number of fused-ring (bicyclic) bond motifs is 3. The van der Waals surface area contributed by atoms with Gasteiger partial charge in [0.1, 0.15) is 18.0 Å². The van der Waals surface area contributed by atoms with Gasteiger partial charge in [0.25, 0.3) is 11.8 Å². The van der Waals surface area contributed by atoms with Crippen LogP contribution in [0.5, 0.6) is 11.5 Å². The molecule has 0 saturated carbocycles. The first-order valence-electron chi connectivity index (χ1n) is 12.2. The van der Waals surface area contributed by atoms with Crippen molar-refractivity contribution in [1.82, 2.24) is 14.5 Å². The van der Waals surface area contributed by atoms with E-state index in [1.807, 2.05) is 6.07 Å². The molecular weight excluding hydrogens is 494 g/mol. The van der Waals surface area contributed by atoms with E-state index in [-0.39, 0.29) is 37.2 Å². The molecule has 1 fully saturated rings. The summed E-state index contributed by atoms with van der Waals surface area (Å²) in [4.78, 5) is 43.4. The third-order valence-corrected chi connectivity index (χ3v) is 6.78. The molecule has 3 atom stereocenters. The Labute approximate surface area is 216 Å². The van der Waals surface area contributed by atoms with Crippen molar-refractivity contribution in [1.29, 1.82) is 0 Å².